The van der Waals surface area contributed by atoms with Gasteiger partial charge in [-0.2, -0.15) is 0 Å². The minimum atomic E-state index is -2.83. The maximum atomic E-state index is 12.2. The average Bonchev–Trinajstić information content (AvgIpc) is 2.64. The second kappa shape index (κ2) is 6.04. The van der Waals surface area contributed by atoms with E-state index in [4.69, 9.17) is 0 Å². The van der Waals surface area contributed by atoms with Gasteiger partial charge in [0.25, 0.3) is 0 Å². The van der Waals surface area contributed by atoms with E-state index in [0.29, 0.717) is 24.0 Å². The minimum Gasteiger partial charge on any atom is -0.341 e. The maximum absolute atomic E-state index is 12.2. The predicted molar refractivity (Wildman–Crippen MR) is 79.0 cm³/mol. The van der Waals surface area contributed by atoms with Crippen LogP contribution >= 0.6 is 11.8 Å². The molecule has 2 fully saturated rings. The molecule has 6 heteroatoms. The minimum absolute atomic E-state index is 0.119. The molecule has 0 spiro atoms. The van der Waals surface area contributed by atoms with Gasteiger partial charge in [0.2, 0.25) is 5.91 Å². The van der Waals surface area contributed by atoms with Crippen molar-refractivity contribution in [2.24, 2.45) is 11.8 Å². The highest BCUT2D eigenvalue weighted by atomic mass is 32.2. The van der Waals surface area contributed by atoms with Crippen molar-refractivity contribution in [2.45, 2.75) is 31.9 Å². The number of sulfone groups is 1. The molecule has 3 atom stereocenters. The number of hydrogen-bond donors (Lipinski definition) is 0. The molecule has 2 rings (SSSR count). The van der Waals surface area contributed by atoms with Crippen molar-refractivity contribution >= 4 is 27.5 Å². The van der Waals surface area contributed by atoms with Gasteiger partial charge in [-0.05, 0) is 24.7 Å². The second-order valence-electron chi connectivity index (χ2n) is 6.08. The van der Waals surface area contributed by atoms with E-state index in [9.17, 15) is 13.2 Å². The smallest absolute Gasteiger partial charge is 0.232 e. The van der Waals surface area contributed by atoms with E-state index in [2.05, 4.69) is 13.8 Å². The zero-order valence-corrected chi connectivity index (χ0v) is 13.3. The summed E-state index contributed by atoms with van der Waals surface area (Å²) >= 11 is 1.52. The summed E-state index contributed by atoms with van der Waals surface area (Å²) in [4.78, 5) is 14.1. The lowest BCUT2D eigenvalue weighted by Gasteiger charge is -2.35. The van der Waals surface area contributed by atoms with Gasteiger partial charge in [-0.3, -0.25) is 4.79 Å². The number of carbonyl (C=O) groups is 1. The number of nitrogens with zero attached hydrogens (tertiary/aromatic N) is 1. The lowest BCUT2D eigenvalue weighted by atomic mass is 9.92. The van der Waals surface area contributed by atoms with E-state index >= 15 is 0 Å². The molecule has 0 N–H and O–H groups in total. The van der Waals surface area contributed by atoms with Gasteiger partial charge in [0.05, 0.1) is 17.3 Å². The Kier molecular flexibility index (Phi) is 4.82. The molecule has 110 valence electrons. The van der Waals surface area contributed by atoms with Crippen molar-refractivity contribution in [3.8, 4) is 0 Å². The third-order valence-electron chi connectivity index (χ3n) is 3.85. The van der Waals surface area contributed by atoms with Crippen LogP contribution in [-0.4, -0.2) is 54.8 Å². The van der Waals surface area contributed by atoms with Crippen molar-refractivity contribution in [1.82, 2.24) is 4.90 Å². The molecule has 0 radical (unpaired) electrons. The first-order valence-corrected chi connectivity index (χ1v) is 9.82. The summed E-state index contributed by atoms with van der Waals surface area (Å²) in [5.41, 5.74) is 0. The van der Waals surface area contributed by atoms with Gasteiger partial charge in [-0.25, -0.2) is 8.42 Å². The molecule has 0 aromatic heterocycles. The van der Waals surface area contributed by atoms with Crippen LogP contribution in [0.3, 0.4) is 0 Å². The quantitative estimate of drug-likeness (QED) is 0.791. The number of hydrogen-bond acceptors (Lipinski definition) is 4. The van der Waals surface area contributed by atoms with Gasteiger partial charge in [-0.15, -0.1) is 11.8 Å². The summed E-state index contributed by atoms with van der Waals surface area (Å²) in [5.74, 6) is 2.29. The van der Waals surface area contributed by atoms with E-state index in [1.807, 2.05) is 4.90 Å². The Hall–Kier alpha value is -0.230. The Morgan fingerprint density at radius 2 is 1.89 bits per heavy atom. The molecular formula is C13H23NO3S2. The van der Waals surface area contributed by atoms with Crippen LogP contribution in [0, 0.1) is 11.8 Å². The zero-order chi connectivity index (χ0) is 14.0. The SMILES string of the molecule is CC1CC(C)CN(C(=O)CSC2CCS(=O)(=O)C2)C1. The lowest BCUT2D eigenvalue weighted by molar-refractivity contribution is -0.130. The van der Waals surface area contributed by atoms with Crippen LogP contribution < -0.4 is 0 Å². The third kappa shape index (κ3) is 4.38. The molecular weight excluding hydrogens is 282 g/mol. The van der Waals surface area contributed by atoms with Crippen LogP contribution in [0.2, 0.25) is 0 Å². The Morgan fingerprint density at radius 3 is 2.42 bits per heavy atom. The number of piperidine rings is 1. The molecule has 2 saturated heterocycles. The number of likely N-dealkylation sites (tertiary alicyclic amines) is 1. The first-order valence-electron chi connectivity index (χ1n) is 6.95. The van der Waals surface area contributed by atoms with E-state index in [0.717, 1.165) is 13.1 Å². The average molecular weight is 305 g/mol. The van der Waals surface area contributed by atoms with Gasteiger partial charge in [0, 0.05) is 18.3 Å². The molecule has 0 aromatic rings. The molecule has 2 aliphatic rings. The van der Waals surface area contributed by atoms with E-state index in [1.165, 1.54) is 18.2 Å². The molecule has 0 aliphatic carbocycles. The Labute approximate surface area is 120 Å². The summed E-state index contributed by atoms with van der Waals surface area (Å²) in [6.07, 6.45) is 1.89. The summed E-state index contributed by atoms with van der Waals surface area (Å²) in [5, 5.41) is 0.119. The van der Waals surface area contributed by atoms with Crippen LogP contribution in [0.25, 0.3) is 0 Å². The van der Waals surface area contributed by atoms with Crippen molar-refractivity contribution in [3.05, 3.63) is 0 Å². The van der Waals surface area contributed by atoms with Crippen molar-refractivity contribution in [2.75, 3.05) is 30.3 Å². The van der Waals surface area contributed by atoms with E-state index in [1.54, 1.807) is 0 Å². The van der Waals surface area contributed by atoms with Gasteiger partial charge in [0.1, 0.15) is 0 Å². The highest BCUT2D eigenvalue weighted by Crippen LogP contribution is 2.26. The summed E-state index contributed by atoms with van der Waals surface area (Å²) in [6.45, 7) is 6.08. The van der Waals surface area contributed by atoms with Gasteiger partial charge in [-0.1, -0.05) is 13.8 Å². The van der Waals surface area contributed by atoms with Gasteiger partial charge < -0.3 is 4.90 Å². The fourth-order valence-electron chi connectivity index (χ4n) is 3.04. The first kappa shape index (κ1) is 15.2. The molecule has 19 heavy (non-hydrogen) atoms. The molecule has 1 amide bonds. The maximum Gasteiger partial charge on any atom is 0.232 e. The first-order chi connectivity index (χ1) is 8.85. The number of rotatable bonds is 3. The summed E-state index contributed by atoms with van der Waals surface area (Å²) in [7, 11) is -2.83. The van der Waals surface area contributed by atoms with E-state index < -0.39 is 9.84 Å². The predicted octanol–water partition coefficient (Wildman–Crippen LogP) is 1.41. The highest BCUT2D eigenvalue weighted by molar-refractivity contribution is 8.02. The third-order valence-corrected chi connectivity index (χ3v) is 7.12. The fraction of sp³-hybridized carbons (Fsp3) is 0.923. The number of carbonyl (C=O) groups excluding carboxylic acids is 1. The van der Waals surface area contributed by atoms with Crippen molar-refractivity contribution in [3.63, 3.8) is 0 Å². The normalized spacial score (nSPS) is 34.4. The monoisotopic (exact) mass is 305 g/mol. The highest BCUT2D eigenvalue weighted by Gasteiger charge is 2.30. The topological polar surface area (TPSA) is 54.5 Å². The summed E-state index contributed by atoms with van der Waals surface area (Å²) < 4.78 is 22.7. The van der Waals surface area contributed by atoms with Crippen molar-refractivity contribution < 1.29 is 13.2 Å². The van der Waals surface area contributed by atoms with Gasteiger partial charge in [0.15, 0.2) is 9.84 Å². The van der Waals surface area contributed by atoms with Crippen LogP contribution in [0.5, 0.6) is 0 Å². The number of amides is 1. The molecule has 2 aliphatic heterocycles. The standard InChI is InChI=1S/C13H23NO3S2/c1-10-5-11(2)7-14(6-10)13(15)8-18-12-3-4-19(16,17)9-12/h10-12H,3-9H2,1-2H3. The molecule has 0 saturated carbocycles. The van der Waals surface area contributed by atoms with Crippen LogP contribution in [0.15, 0.2) is 0 Å². The van der Waals surface area contributed by atoms with E-state index in [-0.39, 0.29) is 22.7 Å². The Balaban J connectivity index is 1.78. The lowest BCUT2D eigenvalue weighted by Crippen LogP contribution is -2.43. The van der Waals surface area contributed by atoms with Crippen molar-refractivity contribution in [1.29, 1.82) is 0 Å². The Morgan fingerprint density at radius 1 is 1.26 bits per heavy atom. The molecule has 2 heterocycles. The van der Waals surface area contributed by atoms with Crippen LogP contribution in [0.4, 0.5) is 0 Å². The molecule has 0 aromatic carbocycles. The van der Waals surface area contributed by atoms with Gasteiger partial charge >= 0.3 is 0 Å². The molecule has 3 unspecified atom stereocenters. The number of thioether (sulfide) groups is 1. The van der Waals surface area contributed by atoms with Crippen LogP contribution in [0.1, 0.15) is 26.7 Å². The zero-order valence-electron chi connectivity index (χ0n) is 11.7. The Bertz CT molecular complexity index is 425. The second-order valence-corrected chi connectivity index (χ2v) is 9.60. The molecule has 0 bridgehead atoms. The summed E-state index contributed by atoms with van der Waals surface area (Å²) in [6, 6.07) is 0. The van der Waals surface area contributed by atoms with Crippen LogP contribution in [-0.2, 0) is 14.6 Å². The molecule has 4 nitrogen and oxygen atoms in total. The fourth-order valence-corrected chi connectivity index (χ4v) is 6.58. The largest absolute Gasteiger partial charge is 0.341 e.